The summed E-state index contributed by atoms with van der Waals surface area (Å²) in [4.78, 5) is 35.5. The smallest absolute Gasteiger partial charge is 0.415 e. The molecule has 0 atom stereocenters. The van der Waals surface area contributed by atoms with E-state index in [9.17, 15) is 9.59 Å². The van der Waals surface area contributed by atoms with Crippen molar-refractivity contribution in [3.05, 3.63) is 70.0 Å². The van der Waals surface area contributed by atoms with E-state index < -0.39 is 11.7 Å². The van der Waals surface area contributed by atoms with E-state index in [1.807, 2.05) is 66.1 Å². The molecule has 11 nitrogen and oxygen atoms in total. The molecule has 47 heavy (non-hydrogen) atoms. The van der Waals surface area contributed by atoms with Gasteiger partial charge in [0.25, 0.3) is 0 Å². The number of benzene rings is 1. The number of amides is 1. The number of hydrogen-bond acceptors (Lipinski definition) is 10. The van der Waals surface area contributed by atoms with Crippen LogP contribution in [0.25, 0.3) is 0 Å². The Hall–Kier alpha value is -4.09. The van der Waals surface area contributed by atoms with Gasteiger partial charge >= 0.3 is 6.09 Å². The SMILES string of the molecule is CC.CNc1ccc(Nc2cc3c(cn2)CCN/C=C(\Cl)C2=C(/N=C\C3)OCCN2C(=O)OC(C)(C)C)cc1C.O=CCN1CCC1. The molecule has 1 amide bonds. The minimum Gasteiger partial charge on any atom is -0.474 e. The molecule has 0 radical (unpaired) electrons. The number of likely N-dealkylation sites (tertiary alicyclic amines) is 1. The lowest BCUT2D eigenvalue weighted by Gasteiger charge is -2.32. The quantitative estimate of drug-likeness (QED) is 0.313. The Morgan fingerprint density at radius 2 is 1.94 bits per heavy atom. The average Bonchev–Trinajstić information content (AvgIpc) is 3.01. The van der Waals surface area contributed by atoms with Gasteiger partial charge in [-0.3, -0.25) is 9.80 Å². The number of nitrogens with one attached hydrogen (secondary N) is 3. The molecule has 0 unspecified atom stereocenters. The van der Waals surface area contributed by atoms with E-state index in [0.29, 0.717) is 36.8 Å². The predicted octanol–water partition coefficient (Wildman–Crippen LogP) is 6.37. The van der Waals surface area contributed by atoms with Gasteiger partial charge in [0.15, 0.2) is 0 Å². The molecule has 1 saturated heterocycles. The second kappa shape index (κ2) is 18.3. The number of rotatable bonds is 5. The summed E-state index contributed by atoms with van der Waals surface area (Å²) in [5, 5.41) is 10.1. The first-order chi connectivity index (χ1) is 22.6. The van der Waals surface area contributed by atoms with Crippen molar-refractivity contribution in [3.8, 4) is 0 Å². The summed E-state index contributed by atoms with van der Waals surface area (Å²) in [6.07, 6.45) is 8.37. The van der Waals surface area contributed by atoms with E-state index in [1.165, 1.54) is 11.3 Å². The van der Waals surface area contributed by atoms with Crippen molar-refractivity contribution >= 4 is 47.4 Å². The average molecular weight is 668 g/mol. The number of fused-ring (bicyclic) bond motifs is 1. The molecule has 1 aromatic heterocycles. The Balaban J connectivity index is 0.000000582. The fraction of sp³-hybridized carbons (Fsp3) is 0.486. The maximum absolute atomic E-state index is 12.9. The summed E-state index contributed by atoms with van der Waals surface area (Å²) in [6, 6.07) is 8.19. The van der Waals surface area contributed by atoms with Gasteiger partial charge in [0.05, 0.1) is 18.1 Å². The number of allylic oxidation sites excluding steroid dienone is 1. The van der Waals surface area contributed by atoms with E-state index in [-0.39, 0.29) is 12.5 Å². The van der Waals surface area contributed by atoms with Gasteiger partial charge in [-0.25, -0.2) is 14.8 Å². The maximum atomic E-state index is 12.9. The van der Waals surface area contributed by atoms with Crippen LogP contribution in [-0.2, 0) is 27.1 Å². The van der Waals surface area contributed by atoms with Crippen molar-refractivity contribution in [1.29, 1.82) is 0 Å². The number of ether oxygens (including phenoxy) is 2. The zero-order chi connectivity index (χ0) is 34.4. The molecule has 0 bridgehead atoms. The van der Waals surface area contributed by atoms with Crippen molar-refractivity contribution in [2.45, 2.75) is 66.4 Å². The Morgan fingerprint density at radius 3 is 2.55 bits per heavy atom. The molecule has 3 aliphatic rings. The fourth-order valence-electron chi connectivity index (χ4n) is 4.87. The Morgan fingerprint density at radius 1 is 1.17 bits per heavy atom. The van der Waals surface area contributed by atoms with Crippen molar-refractivity contribution in [1.82, 2.24) is 20.1 Å². The minimum atomic E-state index is -0.643. The Labute approximate surface area is 284 Å². The molecule has 12 heteroatoms. The first-order valence-electron chi connectivity index (χ1n) is 16.3. The summed E-state index contributed by atoms with van der Waals surface area (Å²) in [7, 11) is 1.91. The number of aliphatic imine (C=N–C) groups is 1. The minimum absolute atomic E-state index is 0.278. The molecule has 2 aromatic rings. The topological polar surface area (TPSA) is 120 Å². The summed E-state index contributed by atoms with van der Waals surface area (Å²) in [6.45, 7) is 15.7. The molecule has 5 rings (SSSR count). The number of aromatic nitrogens is 1. The summed E-state index contributed by atoms with van der Waals surface area (Å²) < 4.78 is 11.4. The fourth-order valence-corrected chi connectivity index (χ4v) is 5.13. The third kappa shape index (κ3) is 11.3. The van der Waals surface area contributed by atoms with E-state index in [0.717, 1.165) is 59.7 Å². The Kier molecular flexibility index (Phi) is 14.6. The Bertz CT molecular complexity index is 1450. The van der Waals surface area contributed by atoms with E-state index in [4.69, 9.17) is 21.1 Å². The van der Waals surface area contributed by atoms with Gasteiger partial charge in [0, 0.05) is 50.0 Å². The molecule has 0 spiro atoms. The maximum Gasteiger partial charge on any atom is 0.415 e. The van der Waals surface area contributed by atoms with Crippen LogP contribution in [0.15, 0.2) is 58.3 Å². The third-order valence-electron chi connectivity index (χ3n) is 7.29. The molecule has 256 valence electrons. The van der Waals surface area contributed by atoms with Crippen molar-refractivity contribution in [3.63, 3.8) is 0 Å². The molecule has 3 N–H and O–H groups in total. The first-order valence-corrected chi connectivity index (χ1v) is 16.6. The van der Waals surface area contributed by atoms with Crippen LogP contribution in [0.3, 0.4) is 0 Å². The molecule has 0 saturated carbocycles. The van der Waals surface area contributed by atoms with E-state index >= 15 is 0 Å². The zero-order valence-electron chi connectivity index (χ0n) is 28.8. The molecule has 0 aliphatic carbocycles. The van der Waals surface area contributed by atoms with Crippen LogP contribution in [-0.4, -0.2) is 85.4 Å². The predicted molar refractivity (Wildman–Crippen MR) is 190 cm³/mol. The van der Waals surface area contributed by atoms with Gasteiger partial charge in [0.1, 0.15) is 30.0 Å². The number of carbonyl (C=O) groups is 2. The number of halogens is 1. The number of anilines is 3. The number of pyridine rings is 1. The van der Waals surface area contributed by atoms with E-state index in [1.54, 1.807) is 12.4 Å². The van der Waals surface area contributed by atoms with Gasteiger partial charge in [-0.05, 0) is 94.6 Å². The van der Waals surface area contributed by atoms with Crippen LogP contribution in [0.5, 0.6) is 0 Å². The summed E-state index contributed by atoms with van der Waals surface area (Å²) >= 11 is 6.64. The number of aryl methyl sites for hydroxylation is 1. The van der Waals surface area contributed by atoms with Gasteiger partial charge < -0.3 is 30.2 Å². The third-order valence-corrected chi connectivity index (χ3v) is 7.57. The first kappa shape index (κ1) is 37.4. The highest BCUT2D eigenvalue weighted by molar-refractivity contribution is 6.32. The second-order valence-corrected chi connectivity index (χ2v) is 12.3. The molecule has 3 aliphatic heterocycles. The van der Waals surface area contributed by atoms with Crippen molar-refractivity contribution in [2.75, 3.05) is 57.0 Å². The lowest BCUT2D eigenvalue weighted by atomic mass is 10.0. The van der Waals surface area contributed by atoms with Gasteiger partial charge in [0.2, 0.25) is 5.88 Å². The monoisotopic (exact) mass is 667 g/mol. The van der Waals surface area contributed by atoms with Gasteiger partial charge in [-0.2, -0.15) is 0 Å². The van der Waals surface area contributed by atoms with Crippen LogP contribution < -0.4 is 16.0 Å². The zero-order valence-corrected chi connectivity index (χ0v) is 29.5. The molecular formula is C35H50ClN7O4. The second-order valence-electron chi connectivity index (χ2n) is 11.9. The molecule has 1 aromatic carbocycles. The highest BCUT2D eigenvalue weighted by Gasteiger charge is 2.32. The largest absolute Gasteiger partial charge is 0.474 e. The van der Waals surface area contributed by atoms with Crippen LogP contribution in [0, 0.1) is 6.92 Å². The van der Waals surface area contributed by atoms with Crippen molar-refractivity contribution in [2.24, 2.45) is 4.99 Å². The number of nitrogens with zero attached hydrogens (tertiary/aromatic N) is 4. The standard InChI is InChI=1S/C28H35ClN6O3.C5H9NO.C2H6/c1-18-14-21(6-7-23(18)30-5)34-24-15-19-9-11-32-26-25(22(29)17-31-10-8-20(19)16-33-24)35(12-13-37-26)27(36)38-28(2,3)4;7-5-4-6-2-1-3-6;1-2/h6-7,11,14-17,30-31H,8-10,12-13H2,1-5H3,(H,33,34);5H,1-4H2;1-2H3/b22-17-,32-11-;;. The lowest BCUT2D eigenvalue weighted by molar-refractivity contribution is -0.109. The van der Waals surface area contributed by atoms with Crippen LogP contribution >= 0.6 is 11.6 Å². The van der Waals surface area contributed by atoms with E-state index in [2.05, 4.69) is 43.8 Å². The van der Waals surface area contributed by atoms with Gasteiger partial charge in [-0.15, -0.1) is 0 Å². The molecule has 1 fully saturated rings. The lowest BCUT2D eigenvalue weighted by Crippen LogP contribution is -2.41. The summed E-state index contributed by atoms with van der Waals surface area (Å²) in [5.74, 6) is 1.03. The van der Waals surface area contributed by atoms with Crippen LogP contribution in [0.2, 0.25) is 0 Å². The van der Waals surface area contributed by atoms with Crippen LogP contribution in [0.4, 0.5) is 22.0 Å². The number of hydrogen-bond donors (Lipinski definition) is 3. The number of carbonyl (C=O) groups excluding carboxylic acids is 2. The molecule has 4 heterocycles. The number of aldehydes is 1. The van der Waals surface area contributed by atoms with Crippen molar-refractivity contribution < 1.29 is 19.1 Å². The molecular weight excluding hydrogens is 618 g/mol. The highest BCUT2D eigenvalue weighted by Crippen LogP contribution is 2.29. The normalized spacial score (nSPS) is 18.0. The van der Waals surface area contributed by atoms with Gasteiger partial charge in [-0.1, -0.05) is 25.4 Å². The highest BCUT2D eigenvalue weighted by atomic mass is 35.5. The van der Waals surface area contributed by atoms with Crippen LogP contribution in [0.1, 0.15) is 57.7 Å². The summed E-state index contributed by atoms with van der Waals surface area (Å²) in [5.41, 5.74) is 5.13.